The molecular weight excluding hydrogens is 516 g/mol. The van der Waals surface area contributed by atoms with Crippen LogP contribution >= 0.6 is 11.3 Å². The molecule has 1 aliphatic carbocycles. The lowest BCUT2D eigenvalue weighted by Gasteiger charge is -2.14. The van der Waals surface area contributed by atoms with E-state index in [0.717, 1.165) is 58.9 Å². The van der Waals surface area contributed by atoms with E-state index in [2.05, 4.69) is 60.5 Å². The van der Waals surface area contributed by atoms with Crippen LogP contribution in [0.25, 0.3) is 21.8 Å². The number of hydrogen-bond donors (Lipinski definition) is 1. The van der Waals surface area contributed by atoms with Gasteiger partial charge in [-0.1, -0.05) is 60.5 Å². The van der Waals surface area contributed by atoms with Crippen molar-refractivity contribution in [3.05, 3.63) is 83.0 Å². The highest BCUT2D eigenvalue weighted by Crippen LogP contribution is 2.43. The monoisotopic (exact) mass is 554 g/mol. The number of nitrogens with zero attached hydrogens (tertiary/aromatic N) is 3. The van der Waals surface area contributed by atoms with E-state index in [0.29, 0.717) is 30.8 Å². The lowest BCUT2D eigenvalue weighted by atomic mass is 9.95. The second-order valence-corrected chi connectivity index (χ2v) is 11.8. The van der Waals surface area contributed by atoms with Crippen molar-refractivity contribution < 1.29 is 9.53 Å². The van der Waals surface area contributed by atoms with Crippen LogP contribution in [0.3, 0.4) is 0 Å². The minimum atomic E-state index is -0.0704. The first kappa shape index (κ1) is 28.0. The highest BCUT2D eigenvalue weighted by Gasteiger charge is 2.26. The van der Waals surface area contributed by atoms with Crippen molar-refractivity contribution in [3.63, 3.8) is 0 Å². The summed E-state index contributed by atoms with van der Waals surface area (Å²) in [5.41, 5.74) is 5.36. The topological polar surface area (TPSA) is 77.0 Å². The van der Waals surface area contributed by atoms with Crippen LogP contribution in [0.5, 0.6) is 0 Å². The fourth-order valence-corrected chi connectivity index (χ4v) is 6.76. The summed E-state index contributed by atoms with van der Waals surface area (Å²) in [5.74, 6) is 1.31. The molecule has 1 saturated carbocycles. The molecule has 3 atom stereocenters. The Balaban J connectivity index is 1.42. The van der Waals surface area contributed by atoms with Crippen LogP contribution in [0.4, 0.5) is 5.95 Å². The molecule has 5 rings (SSSR count). The number of anilines is 1. The van der Waals surface area contributed by atoms with E-state index >= 15 is 0 Å². The molecule has 0 aliphatic heterocycles. The quantitative estimate of drug-likeness (QED) is 0.165. The van der Waals surface area contributed by atoms with E-state index in [-0.39, 0.29) is 12.0 Å². The highest BCUT2D eigenvalue weighted by molar-refractivity contribution is 7.15. The summed E-state index contributed by atoms with van der Waals surface area (Å²) >= 11 is 1.76. The zero-order valence-electron chi connectivity index (χ0n) is 23.6. The summed E-state index contributed by atoms with van der Waals surface area (Å²) in [6.45, 7) is 6.55. The number of benzene rings is 2. The first-order chi connectivity index (χ1) is 19.5. The first-order valence-electron chi connectivity index (χ1n) is 14.4. The van der Waals surface area contributed by atoms with Gasteiger partial charge in [-0.05, 0) is 70.1 Å². The molecule has 1 N–H and O–H groups in total. The number of hydrogen-bond acceptors (Lipinski definition) is 7. The van der Waals surface area contributed by atoms with Crippen molar-refractivity contribution in [1.29, 1.82) is 0 Å². The summed E-state index contributed by atoms with van der Waals surface area (Å²) in [6.07, 6.45) is 7.67. The molecule has 2 aromatic carbocycles. The second-order valence-electron chi connectivity index (χ2n) is 10.7. The molecule has 6 nitrogen and oxygen atoms in total. The van der Waals surface area contributed by atoms with E-state index < -0.39 is 0 Å². The number of carbonyl (C=O) groups excluding carboxylic acids is 1. The van der Waals surface area contributed by atoms with Crippen molar-refractivity contribution in [2.24, 2.45) is 5.92 Å². The first-order valence-corrected chi connectivity index (χ1v) is 15.2. The van der Waals surface area contributed by atoms with E-state index in [1.807, 2.05) is 37.4 Å². The Morgan fingerprint density at radius 3 is 2.70 bits per heavy atom. The van der Waals surface area contributed by atoms with Gasteiger partial charge in [0.05, 0.1) is 33.9 Å². The SMILES string of the molecule is CCOC(=O)C[C@H]1CCCC(c2nc(-c3cccc(C)c3)c(-c3ccnc(N[C@@H](C)c4ccccc4)n3)s2)CC1. The number of ether oxygens (including phenoxy) is 1. The average Bonchev–Trinajstić information content (AvgIpc) is 3.28. The van der Waals surface area contributed by atoms with Gasteiger partial charge in [0.15, 0.2) is 0 Å². The van der Waals surface area contributed by atoms with Gasteiger partial charge >= 0.3 is 5.97 Å². The molecule has 1 fully saturated rings. The number of carbonyl (C=O) groups is 1. The van der Waals surface area contributed by atoms with Gasteiger partial charge < -0.3 is 10.1 Å². The molecule has 0 saturated heterocycles. The van der Waals surface area contributed by atoms with E-state index in [4.69, 9.17) is 14.7 Å². The van der Waals surface area contributed by atoms with Gasteiger partial charge in [-0.2, -0.15) is 0 Å². The molecular formula is C33H38N4O2S. The van der Waals surface area contributed by atoms with Crippen molar-refractivity contribution in [1.82, 2.24) is 15.0 Å². The lowest BCUT2D eigenvalue weighted by molar-refractivity contribution is -0.144. The fraction of sp³-hybridized carbons (Fsp3) is 0.394. The van der Waals surface area contributed by atoms with Crippen LogP contribution in [-0.2, 0) is 9.53 Å². The van der Waals surface area contributed by atoms with Gasteiger partial charge in [-0.25, -0.2) is 15.0 Å². The molecule has 2 aromatic heterocycles. The Hall–Kier alpha value is -3.58. The van der Waals surface area contributed by atoms with Gasteiger partial charge in [0.2, 0.25) is 5.95 Å². The minimum Gasteiger partial charge on any atom is -0.466 e. The molecule has 0 amide bonds. The zero-order chi connectivity index (χ0) is 27.9. The third-order valence-corrected chi connectivity index (χ3v) is 8.91. The molecule has 1 aliphatic rings. The molecule has 2 heterocycles. The van der Waals surface area contributed by atoms with Gasteiger partial charge in [0, 0.05) is 24.1 Å². The van der Waals surface area contributed by atoms with Crippen LogP contribution < -0.4 is 5.32 Å². The van der Waals surface area contributed by atoms with E-state index in [1.165, 1.54) is 11.1 Å². The molecule has 208 valence electrons. The molecule has 0 radical (unpaired) electrons. The van der Waals surface area contributed by atoms with Gasteiger partial charge in [0.1, 0.15) is 0 Å². The number of aromatic nitrogens is 3. The fourth-order valence-electron chi connectivity index (χ4n) is 5.53. The maximum absolute atomic E-state index is 12.1. The number of rotatable bonds is 9. The average molecular weight is 555 g/mol. The standard InChI is InChI=1S/C33H38N4O2S/c1-4-39-29(38)21-24-11-9-14-26(17-16-24)32-37-30(27-15-8-10-22(2)20-27)31(40-32)28-18-19-34-33(36-28)35-23(3)25-12-6-5-7-13-25/h5-8,10,12-13,15,18-20,23-24,26H,4,9,11,14,16-17,21H2,1-3H3,(H,34,35,36)/t23-,24-,26?/m0/s1. The second kappa shape index (κ2) is 13.2. The summed E-state index contributed by atoms with van der Waals surface area (Å²) in [4.78, 5) is 27.9. The number of thiazole rings is 1. The Morgan fingerprint density at radius 1 is 1.05 bits per heavy atom. The van der Waals surface area contributed by atoms with Crippen molar-refractivity contribution in [2.75, 3.05) is 11.9 Å². The summed E-state index contributed by atoms with van der Waals surface area (Å²) in [5, 5.41) is 4.63. The van der Waals surface area contributed by atoms with Crippen molar-refractivity contribution in [3.8, 4) is 21.8 Å². The molecule has 40 heavy (non-hydrogen) atoms. The summed E-state index contributed by atoms with van der Waals surface area (Å²) in [6, 6.07) is 20.9. The van der Waals surface area contributed by atoms with Crippen molar-refractivity contribution >= 4 is 23.3 Å². The largest absolute Gasteiger partial charge is 0.466 e. The summed E-state index contributed by atoms with van der Waals surface area (Å²) in [7, 11) is 0. The van der Waals surface area contributed by atoms with Gasteiger partial charge in [-0.3, -0.25) is 4.79 Å². The normalized spacial score (nSPS) is 18.1. The third kappa shape index (κ3) is 6.94. The van der Waals surface area contributed by atoms with Crippen molar-refractivity contribution in [2.45, 2.75) is 71.3 Å². The number of esters is 1. The third-order valence-electron chi connectivity index (χ3n) is 7.67. The maximum atomic E-state index is 12.1. The van der Waals surface area contributed by atoms with Crippen LogP contribution in [-0.4, -0.2) is 27.5 Å². The smallest absolute Gasteiger partial charge is 0.306 e. The molecule has 0 bridgehead atoms. The highest BCUT2D eigenvalue weighted by atomic mass is 32.1. The molecule has 1 unspecified atom stereocenters. The summed E-state index contributed by atoms with van der Waals surface area (Å²) < 4.78 is 5.22. The Kier molecular flexibility index (Phi) is 9.22. The van der Waals surface area contributed by atoms with Crippen LogP contribution in [0, 0.1) is 12.8 Å². The van der Waals surface area contributed by atoms with Gasteiger partial charge in [0.25, 0.3) is 0 Å². The predicted molar refractivity (Wildman–Crippen MR) is 162 cm³/mol. The molecule has 7 heteroatoms. The predicted octanol–water partition coefficient (Wildman–Crippen LogP) is 8.37. The maximum Gasteiger partial charge on any atom is 0.306 e. The minimum absolute atomic E-state index is 0.0704. The van der Waals surface area contributed by atoms with Crippen LogP contribution in [0.15, 0.2) is 66.9 Å². The lowest BCUT2D eigenvalue weighted by Crippen LogP contribution is -2.11. The Labute approximate surface area is 241 Å². The number of nitrogens with one attached hydrogen (secondary N) is 1. The Morgan fingerprint density at radius 2 is 1.90 bits per heavy atom. The number of aryl methyl sites for hydroxylation is 1. The van der Waals surface area contributed by atoms with Crippen LogP contribution in [0.2, 0.25) is 0 Å². The van der Waals surface area contributed by atoms with E-state index in [9.17, 15) is 4.79 Å². The van der Waals surface area contributed by atoms with E-state index in [1.54, 1.807) is 11.3 Å². The molecule has 4 aromatic rings. The van der Waals surface area contributed by atoms with Crippen LogP contribution in [0.1, 0.15) is 80.5 Å². The zero-order valence-corrected chi connectivity index (χ0v) is 24.4. The van der Waals surface area contributed by atoms with Gasteiger partial charge in [-0.15, -0.1) is 11.3 Å². The Bertz CT molecular complexity index is 1420. The molecule has 0 spiro atoms.